The molecule has 1 aromatic heterocycles. The van der Waals surface area contributed by atoms with Crippen LogP contribution in [0.5, 0.6) is 0 Å². The molecule has 2 rings (SSSR count). The first-order chi connectivity index (χ1) is 8.19. The number of anilines is 1. The van der Waals surface area contributed by atoms with Gasteiger partial charge in [-0.2, -0.15) is 0 Å². The smallest absolute Gasteiger partial charge is 0.271 e. The predicted octanol–water partition coefficient (Wildman–Crippen LogP) is 0.682. The fourth-order valence-electron chi connectivity index (χ4n) is 1.74. The van der Waals surface area contributed by atoms with E-state index in [1.807, 2.05) is 0 Å². The van der Waals surface area contributed by atoms with Crippen LogP contribution in [-0.2, 0) is 0 Å². The summed E-state index contributed by atoms with van der Waals surface area (Å²) in [7, 11) is 0. The summed E-state index contributed by atoms with van der Waals surface area (Å²) < 4.78 is 0. The first-order valence-electron chi connectivity index (χ1n) is 5.76. The number of hydrogen-bond acceptors (Lipinski definition) is 5. The Hall–Kier alpha value is -1.69. The molecule has 1 fully saturated rings. The van der Waals surface area contributed by atoms with Crippen LogP contribution in [0.3, 0.4) is 0 Å². The number of aromatic nitrogens is 2. The number of nitrogens with zero attached hydrogens (tertiary/aromatic N) is 2. The van der Waals surface area contributed by atoms with E-state index >= 15 is 0 Å². The average molecular weight is 235 g/mol. The molecule has 4 N–H and O–H groups in total. The minimum atomic E-state index is -0.200. The monoisotopic (exact) mass is 235 g/mol. The molecular weight excluding hydrogens is 218 g/mol. The number of hydrogen-bond donors (Lipinski definition) is 3. The van der Waals surface area contributed by atoms with Gasteiger partial charge in [-0.1, -0.05) is 6.92 Å². The Morgan fingerprint density at radius 2 is 2.29 bits per heavy atom. The van der Waals surface area contributed by atoms with Gasteiger partial charge in [0.25, 0.3) is 5.91 Å². The number of rotatable bonds is 5. The third-order valence-corrected chi connectivity index (χ3v) is 3.35. The molecule has 0 aliphatic heterocycles. The van der Waals surface area contributed by atoms with Gasteiger partial charge in [0.15, 0.2) is 5.82 Å². The quantitative estimate of drug-likeness (QED) is 0.515. The van der Waals surface area contributed by atoms with Gasteiger partial charge in [0.05, 0.1) is 12.4 Å². The Bertz CT molecular complexity index is 416. The van der Waals surface area contributed by atoms with Crippen molar-refractivity contribution in [2.45, 2.75) is 26.2 Å². The van der Waals surface area contributed by atoms with E-state index in [1.165, 1.54) is 25.2 Å². The van der Waals surface area contributed by atoms with Crippen molar-refractivity contribution in [1.82, 2.24) is 15.3 Å². The highest BCUT2D eigenvalue weighted by atomic mass is 16.1. The SMILES string of the molecule is CCC1(CNC(=O)c2cncc(NN)n2)CC1. The van der Waals surface area contributed by atoms with E-state index in [-0.39, 0.29) is 11.6 Å². The third-order valence-electron chi connectivity index (χ3n) is 3.35. The van der Waals surface area contributed by atoms with Gasteiger partial charge in [-0.05, 0) is 24.7 Å². The van der Waals surface area contributed by atoms with Crippen molar-refractivity contribution in [2.75, 3.05) is 12.0 Å². The zero-order valence-corrected chi connectivity index (χ0v) is 9.86. The number of carbonyl (C=O) groups is 1. The minimum absolute atomic E-state index is 0.200. The topological polar surface area (TPSA) is 92.9 Å². The first-order valence-corrected chi connectivity index (χ1v) is 5.76. The summed E-state index contributed by atoms with van der Waals surface area (Å²) in [6, 6.07) is 0. The molecule has 0 radical (unpaired) electrons. The van der Waals surface area contributed by atoms with Crippen LogP contribution >= 0.6 is 0 Å². The highest BCUT2D eigenvalue weighted by molar-refractivity contribution is 5.92. The second-order valence-corrected chi connectivity index (χ2v) is 4.47. The van der Waals surface area contributed by atoms with Gasteiger partial charge in [0, 0.05) is 6.54 Å². The molecule has 1 aromatic rings. The molecule has 1 amide bonds. The van der Waals surface area contributed by atoms with Crippen LogP contribution in [0.25, 0.3) is 0 Å². The number of nitrogens with two attached hydrogens (primary N) is 1. The van der Waals surface area contributed by atoms with Crippen molar-refractivity contribution >= 4 is 11.7 Å². The maximum atomic E-state index is 11.8. The van der Waals surface area contributed by atoms with Crippen LogP contribution in [0.4, 0.5) is 5.82 Å². The molecule has 0 aromatic carbocycles. The van der Waals surface area contributed by atoms with E-state index in [9.17, 15) is 4.79 Å². The average Bonchev–Trinajstić information content (AvgIpc) is 3.17. The molecule has 6 heteroatoms. The standard InChI is InChI=1S/C11H17N5O/c1-2-11(3-4-11)7-14-10(17)8-5-13-6-9(15-8)16-12/h5-6H,2-4,7,12H2,1H3,(H,14,17)(H,15,16). The molecule has 92 valence electrons. The van der Waals surface area contributed by atoms with Crippen molar-refractivity contribution in [1.29, 1.82) is 0 Å². The van der Waals surface area contributed by atoms with Crippen LogP contribution in [0, 0.1) is 5.41 Å². The number of hydrazine groups is 1. The van der Waals surface area contributed by atoms with E-state index < -0.39 is 0 Å². The molecule has 1 saturated carbocycles. The lowest BCUT2D eigenvalue weighted by Crippen LogP contribution is -2.30. The third kappa shape index (κ3) is 2.71. The summed E-state index contributed by atoms with van der Waals surface area (Å²) in [6.07, 6.45) is 6.38. The minimum Gasteiger partial charge on any atom is -0.350 e. The van der Waals surface area contributed by atoms with Gasteiger partial charge >= 0.3 is 0 Å². The van der Waals surface area contributed by atoms with E-state index in [4.69, 9.17) is 5.84 Å². The highest BCUT2D eigenvalue weighted by Crippen LogP contribution is 2.47. The Labute approximate surface area is 100.0 Å². The highest BCUT2D eigenvalue weighted by Gasteiger charge is 2.40. The molecule has 17 heavy (non-hydrogen) atoms. The summed E-state index contributed by atoms with van der Waals surface area (Å²) >= 11 is 0. The number of nitrogen functional groups attached to an aromatic ring is 1. The van der Waals surface area contributed by atoms with Crippen LogP contribution in [-0.4, -0.2) is 22.4 Å². The number of carbonyl (C=O) groups excluding carboxylic acids is 1. The molecule has 0 bridgehead atoms. The van der Waals surface area contributed by atoms with Crippen LogP contribution in [0.15, 0.2) is 12.4 Å². The van der Waals surface area contributed by atoms with Gasteiger partial charge < -0.3 is 10.7 Å². The lowest BCUT2D eigenvalue weighted by atomic mass is 10.0. The molecule has 0 spiro atoms. The maximum Gasteiger partial charge on any atom is 0.271 e. The molecular formula is C11H17N5O. The molecule has 0 saturated heterocycles. The largest absolute Gasteiger partial charge is 0.350 e. The van der Waals surface area contributed by atoms with Crippen molar-refractivity contribution in [3.63, 3.8) is 0 Å². The number of nitrogens with one attached hydrogen (secondary N) is 2. The Kier molecular flexibility index (Phi) is 3.23. The first kappa shape index (κ1) is 11.8. The van der Waals surface area contributed by atoms with Crippen molar-refractivity contribution in [3.05, 3.63) is 18.1 Å². The van der Waals surface area contributed by atoms with E-state index in [0.29, 0.717) is 17.8 Å². The normalized spacial score (nSPS) is 16.4. The summed E-state index contributed by atoms with van der Waals surface area (Å²) in [6.45, 7) is 2.86. The number of amides is 1. The van der Waals surface area contributed by atoms with Gasteiger partial charge in [-0.15, -0.1) is 0 Å². The van der Waals surface area contributed by atoms with Gasteiger partial charge in [0.2, 0.25) is 0 Å². The van der Waals surface area contributed by atoms with Crippen LogP contribution in [0.1, 0.15) is 36.7 Å². The van der Waals surface area contributed by atoms with Gasteiger partial charge in [-0.3, -0.25) is 9.78 Å². The second-order valence-electron chi connectivity index (χ2n) is 4.47. The summed E-state index contributed by atoms with van der Waals surface area (Å²) in [5.41, 5.74) is 2.98. The fraction of sp³-hybridized carbons (Fsp3) is 0.545. The fourth-order valence-corrected chi connectivity index (χ4v) is 1.74. The zero-order valence-electron chi connectivity index (χ0n) is 9.86. The molecule has 1 aliphatic carbocycles. The predicted molar refractivity (Wildman–Crippen MR) is 64.1 cm³/mol. The summed E-state index contributed by atoms with van der Waals surface area (Å²) in [4.78, 5) is 19.7. The Morgan fingerprint density at radius 1 is 1.53 bits per heavy atom. The summed E-state index contributed by atoms with van der Waals surface area (Å²) in [5, 5.41) is 2.89. The van der Waals surface area contributed by atoms with E-state index in [2.05, 4.69) is 27.6 Å². The van der Waals surface area contributed by atoms with Crippen molar-refractivity contribution in [2.24, 2.45) is 11.3 Å². The lowest BCUT2D eigenvalue weighted by molar-refractivity contribution is 0.0939. The Morgan fingerprint density at radius 3 is 2.88 bits per heavy atom. The summed E-state index contributed by atoms with van der Waals surface area (Å²) in [5.74, 6) is 5.39. The van der Waals surface area contributed by atoms with E-state index in [1.54, 1.807) is 0 Å². The lowest BCUT2D eigenvalue weighted by Gasteiger charge is -2.13. The van der Waals surface area contributed by atoms with Crippen molar-refractivity contribution < 1.29 is 4.79 Å². The maximum absolute atomic E-state index is 11.8. The van der Waals surface area contributed by atoms with E-state index in [0.717, 1.165) is 6.42 Å². The molecule has 6 nitrogen and oxygen atoms in total. The molecule has 1 heterocycles. The van der Waals surface area contributed by atoms with Crippen LogP contribution < -0.4 is 16.6 Å². The van der Waals surface area contributed by atoms with Gasteiger partial charge in [0.1, 0.15) is 5.69 Å². The van der Waals surface area contributed by atoms with Crippen molar-refractivity contribution in [3.8, 4) is 0 Å². The molecule has 1 aliphatic rings. The van der Waals surface area contributed by atoms with Crippen LogP contribution in [0.2, 0.25) is 0 Å². The second kappa shape index (κ2) is 4.67. The molecule has 0 unspecified atom stereocenters. The van der Waals surface area contributed by atoms with Gasteiger partial charge in [-0.25, -0.2) is 10.8 Å². The molecule has 0 atom stereocenters. The Balaban J connectivity index is 1.95. The zero-order chi connectivity index (χ0) is 12.3.